The van der Waals surface area contributed by atoms with Crippen molar-refractivity contribution < 1.29 is 5.03 Å². The molecule has 0 radical (unpaired) electrons. The van der Waals surface area contributed by atoms with Gasteiger partial charge in [-0.2, -0.15) is 0 Å². The first-order chi connectivity index (χ1) is 5.27. The predicted molar refractivity (Wildman–Crippen MR) is 27.4 cm³/mol. The van der Waals surface area contributed by atoms with Crippen LogP contribution in [0.3, 0.4) is 0 Å². The number of rotatable bonds is 4. The van der Waals surface area contributed by atoms with Crippen LogP contribution in [0.5, 0.6) is 0 Å². The molecule has 0 amide bonds. The fourth-order valence-electron chi connectivity index (χ4n) is 0.121. The maximum atomic E-state index is 9.41. The summed E-state index contributed by atoms with van der Waals surface area (Å²) in [5, 5.41) is 25.4. The first kappa shape index (κ1) is 8.80. The minimum atomic E-state index is -1.09. The molecule has 0 aromatic carbocycles. The number of nitroso groups, excluding NO2 is 1. The molecule has 11 heteroatoms. The zero-order valence-electron chi connectivity index (χ0n) is 4.80. The maximum Gasteiger partial charge on any atom is 0.230 e. The summed E-state index contributed by atoms with van der Waals surface area (Å²) in [6.45, 7) is 0. The van der Waals surface area contributed by atoms with Crippen LogP contribution in [0.15, 0.2) is 36.6 Å². The third-order valence-corrected chi connectivity index (χ3v) is 0.310. The quantitative estimate of drug-likeness (QED) is 0.261. The van der Waals surface area contributed by atoms with Crippen LogP contribution in [0.4, 0.5) is 0 Å². The second-order valence-electron chi connectivity index (χ2n) is 0.856. The Hall–Kier alpha value is -2.20. The summed E-state index contributed by atoms with van der Waals surface area (Å²) in [4.78, 5) is 18.6. The molecule has 0 saturated heterocycles. The highest BCUT2D eigenvalue weighted by atomic mass is 16.7. The lowest BCUT2D eigenvalue weighted by Crippen LogP contribution is -1.79. The minimum absolute atomic E-state index is 1.09. The van der Waals surface area contributed by atoms with Crippen LogP contribution in [0.2, 0.25) is 0 Å². The fourth-order valence-corrected chi connectivity index (χ4v) is 0.121. The van der Waals surface area contributed by atoms with Crippen molar-refractivity contribution in [2.75, 3.05) is 0 Å². The van der Waals surface area contributed by atoms with E-state index in [1.165, 1.54) is 0 Å². The molecule has 0 aliphatic carbocycles. The number of nitro groups is 1. The molecule has 11 nitrogen and oxygen atoms in total. The van der Waals surface area contributed by atoms with Crippen molar-refractivity contribution in [2.24, 2.45) is 36.6 Å². The molecule has 0 unspecified atom stereocenters. The van der Waals surface area contributed by atoms with Crippen LogP contribution >= 0.6 is 0 Å². The van der Waals surface area contributed by atoms with E-state index in [4.69, 9.17) is 0 Å². The molecule has 0 aromatic heterocycles. The van der Waals surface area contributed by atoms with Gasteiger partial charge in [-0.1, -0.05) is 0 Å². The number of nitrogens with zero attached hydrogens (tertiary/aromatic N) is 8. The van der Waals surface area contributed by atoms with Gasteiger partial charge in [-0.3, -0.25) is 0 Å². The molecule has 0 rings (SSSR count). The molecule has 11 heavy (non-hydrogen) atoms. The Morgan fingerprint density at radius 2 is 1.55 bits per heavy atom. The smallest absolute Gasteiger partial charge is 0.230 e. The maximum absolute atomic E-state index is 9.41. The van der Waals surface area contributed by atoms with Gasteiger partial charge in [-0.15, -0.1) is 4.91 Å². The highest BCUT2D eigenvalue weighted by Gasteiger charge is 1.82. The molecule has 0 saturated carbocycles. The zero-order chi connectivity index (χ0) is 8.53. The van der Waals surface area contributed by atoms with Crippen LogP contribution < -0.4 is 0 Å². The van der Waals surface area contributed by atoms with Crippen molar-refractivity contribution >= 4 is 0 Å². The van der Waals surface area contributed by atoms with E-state index in [1.54, 1.807) is 0 Å². The third-order valence-electron chi connectivity index (χ3n) is 0.310. The Labute approximate surface area is 57.9 Å². The van der Waals surface area contributed by atoms with Gasteiger partial charge in [0.1, 0.15) is 10.5 Å². The first-order valence-electron chi connectivity index (χ1n) is 1.95. The number of hydrogen-bond donors (Lipinski definition) is 0. The van der Waals surface area contributed by atoms with E-state index in [9.17, 15) is 15.0 Å². The van der Waals surface area contributed by atoms with Crippen molar-refractivity contribution in [3.8, 4) is 0 Å². The monoisotopic (exact) mass is 160 g/mol. The summed E-state index contributed by atoms with van der Waals surface area (Å²) in [6.07, 6.45) is 0. The second kappa shape index (κ2) is 5.93. The molecule has 0 heterocycles. The lowest BCUT2D eigenvalue weighted by molar-refractivity contribution is -0.494. The standard InChI is InChI=1S/N8O3/c9-7-5-3-1-2-4-6-8(10)11. The molecular formula is N8O3. The molecule has 0 aliphatic heterocycles. The second-order valence-corrected chi connectivity index (χ2v) is 0.856. The summed E-state index contributed by atoms with van der Waals surface area (Å²) in [5.74, 6) is 0. The summed E-state index contributed by atoms with van der Waals surface area (Å²) in [6, 6.07) is 0. The summed E-state index contributed by atoms with van der Waals surface area (Å²) >= 11 is 0. The molecule has 0 N–H and O–H groups in total. The van der Waals surface area contributed by atoms with E-state index in [-0.39, 0.29) is 0 Å². The number of hydrogen-bond acceptors (Lipinski definition) is 3. The van der Waals surface area contributed by atoms with Gasteiger partial charge in [-0.25, -0.2) is 0 Å². The lowest BCUT2D eigenvalue weighted by atomic mass is 12.4. The Morgan fingerprint density at radius 1 is 1.00 bits per heavy atom. The minimum Gasteiger partial charge on any atom is -0.337 e. The van der Waals surface area contributed by atoms with Crippen LogP contribution in [0.25, 0.3) is 0 Å². The molecule has 0 atom stereocenters. The van der Waals surface area contributed by atoms with Crippen LogP contribution in [0, 0.1) is 15.0 Å². The lowest BCUT2D eigenvalue weighted by Gasteiger charge is -1.70. The SMILES string of the molecule is O=NN=NN=NN=N[N+](=O)[O-]. The summed E-state index contributed by atoms with van der Waals surface area (Å²) < 4.78 is 0. The van der Waals surface area contributed by atoms with Crippen molar-refractivity contribution in [2.45, 2.75) is 0 Å². The molecule has 0 spiro atoms. The fraction of sp³-hybridized carbons (Fsp3) is 0. The molecule has 0 bridgehead atoms. The van der Waals surface area contributed by atoms with E-state index in [0.717, 1.165) is 0 Å². The highest BCUT2D eigenvalue weighted by Crippen LogP contribution is 1.83. The van der Waals surface area contributed by atoms with Gasteiger partial charge in [0.15, 0.2) is 0 Å². The Kier molecular flexibility index (Phi) is 4.74. The van der Waals surface area contributed by atoms with E-state index in [2.05, 4.69) is 31.3 Å². The first-order valence-corrected chi connectivity index (χ1v) is 1.95. The van der Waals surface area contributed by atoms with Gasteiger partial charge < -0.3 is 10.1 Å². The Balaban J connectivity index is 3.68. The summed E-state index contributed by atoms with van der Waals surface area (Å²) in [7, 11) is 0. The van der Waals surface area contributed by atoms with Crippen LogP contribution in [-0.4, -0.2) is 5.03 Å². The van der Waals surface area contributed by atoms with Gasteiger partial charge in [0.25, 0.3) is 0 Å². The molecule has 0 fully saturated rings. The van der Waals surface area contributed by atoms with Gasteiger partial charge in [0, 0.05) is 15.7 Å². The molecule has 0 aliphatic rings. The topological polar surface area (TPSA) is 147 Å². The van der Waals surface area contributed by atoms with E-state index < -0.39 is 5.03 Å². The highest BCUT2D eigenvalue weighted by molar-refractivity contribution is 4.11. The van der Waals surface area contributed by atoms with Gasteiger partial charge in [0.2, 0.25) is 10.4 Å². The molecule has 58 valence electrons. The van der Waals surface area contributed by atoms with Crippen molar-refractivity contribution in [1.29, 1.82) is 0 Å². The van der Waals surface area contributed by atoms with Gasteiger partial charge >= 0.3 is 0 Å². The largest absolute Gasteiger partial charge is 0.337 e. The van der Waals surface area contributed by atoms with E-state index in [1.807, 2.05) is 5.29 Å². The third kappa shape index (κ3) is 7.80. The molecular weight excluding hydrogens is 160 g/mol. The average Bonchev–Trinajstić information content (AvgIpc) is 1.96. The van der Waals surface area contributed by atoms with Crippen molar-refractivity contribution in [3.05, 3.63) is 15.0 Å². The van der Waals surface area contributed by atoms with Gasteiger partial charge in [-0.05, 0) is 0 Å². The van der Waals surface area contributed by atoms with E-state index in [0.29, 0.717) is 0 Å². The van der Waals surface area contributed by atoms with Crippen LogP contribution in [0.1, 0.15) is 0 Å². The Morgan fingerprint density at radius 3 is 2.09 bits per heavy atom. The van der Waals surface area contributed by atoms with Crippen molar-refractivity contribution in [1.82, 2.24) is 0 Å². The summed E-state index contributed by atoms with van der Waals surface area (Å²) in [5.41, 5.74) is 0. The van der Waals surface area contributed by atoms with Gasteiger partial charge in [0.05, 0.1) is 5.03 Å². The predicted octanol–water partition coefficient (Wildman–Crippen LogP) is 1.05. The normalized spacial score (nSPS) is 11.6. The Bertz CT molecular complexity index is 211. The zero-order valence-corrected chi connectivity index (χ0v) is 4.80. The van der Waals surface area contributed by atoms with Crippen molar-refractivity contribution in [3.63, 3.8) is 0 Å². The van der Waals surface area contributed by atoms with Crippen LogP contribution in [-0.2, 0) is 0 Å². The average molecular weight is 160 g/mol. The van der Waals surface area contributed by atoms with E-state index >= 15 is 0 Å². The molecule has 0 aromatic rings.